The summed E-state index contributed by atoms with van der Waals surface area (Å²) in [6, 6.07) is -0.482. The van der Waals surface area contributed by atoms with Crippen LogP contribution in [-0.2, 0) is 9.59 Å². The molecule has 4 aliphatic rings. The average molecular weight is 336 g/mol. The van der Waals surface area contributed by atoms with Crippen LogP contribution < -0.4 is 10.6 Å². The van der Waals surface area contributed by atoms with Crippen LogP contribution in [-0.4, -0.2) is 36.1 Å². The predicted octanol–water partition coefficient (Wildman–Crippen LogP) is 1.84. The van der Waals surface area contributed by atoms with Gasteiger partial charge in [-0.15, -0.1) is 0 Å². The minimum atomic E-state index is -0.482. The van der Waals surface area contributed by atoms with Crippen LogP contribution in [0.25, 0.3) is 0 Å². The molecular weight excluding hydrogens is 304 g/mol. The molecule has 5 heteroatoms. The lowest BCUT2D eigenvalue weighted by Crippen LogP contribution is -2.58. The smallest absolute Gasteiger partial charge is 0.242 e. The Morgan fingerprint density at radius 2 is 1.62 bits per heavy atom. The molecule has 0 aromatic rings. The topological polar surface area (TPSA) is 78.4 Å². The van der Waals surface area contributed by atoms with E-state index in [-0.39, 0.29) is 29.8 Å². The minimum absolute atomic E-state index is 0.0528. The van der Waals surface area contributed by atoms with Crippen molar-refractivity contribution in [3.63, 3.8) is 0 Å². The fourth-order valence-corrected chi connectivity index (χ4v) is 5.62. The third-order valence-corrected chi connectivity index (χ3v) is 6.39. The van der Waals surface area contributed by atoms with Crippen molar-refractivity contribution in [1.82, 2.24) is 10.6 Å². The fraction of sp³-hybridized carbons (Fsp3) is 0.895. The number of rotatable bonds is 7. The first-order valence-corrected chi connectivity index (χ1v) is 9.63. The zero-order valence-corrected chi connectivity index (χ0v) is 15.0. The summed E-state index contributed by atoms with van der Waals surface area (Å²) in [5.41, 5.74) is -0.215. The number of carbonyl (C=O) groups is 2. The number of aliphatic hydroxyl groups excluding tert-OH is 1. The molecule has 4 aliphatic carbocycles. The third kappa shape index (κ3) is 3.46. The van der Waals surface area contributed by atoms with Gasteiger partial charge in [-0.25, -0.2) is 0 Å². The molecule has 4 bridgehead atoms. The first-order valence-electron chi connectivity index (χ1n) is 9.63. The van der Waals surface area contributed by atoms with Gasteiger partial charge in [0.2, 0.25) is 11.8 Å². The predicted molar refractivity (Wildman–Crippen MR) is 92.1 cm³/mol. The van der Waals surface area contributed by atoms with Crippen molar-refractivity contribution in [1.29, 1.82) is 0 Å². The molecule has 3 N–H and O–H groups in total. The van der Waals surface area contributed by atoms with Gasteiger partial charge in [0.1, 0.15) is 6.04 Å². The van der Waals surface area contributed by atoms with Gasteiger partial charge in [0.15, 0.2) is 0 Å². The molecule has 24 heavy (non-hydrogen) atoms. The Balaban J connectivity index is 1.64. The van der Waals surface area contributed by atoms with E-state index in [0.717, 1.165) is 37.0 Å². The number of carbonyl (C=O) groups excluding carboxylic acids is 2. The lowest BCUT2D eigenvalue weighted by atomic mass is 9.49. The second-order valence-electron chi connectivity index (χ2n) is 8.76. The van der Waals surface area contributed by atoms with E-state index >= 15 is 0 Å². The third-order valence-electron chi connectivity index (χ3n) is 6.39. The Kier molecular flexibility index (Phi) is 5.19. The molecule has 4 saturated carbocycles. The maximum atomic E-state index is 13.1. The molecular formula is C19H32N2O3. The molecule has 4 fully saturated rings. The Labute approximate surface area is 145 Å². The van der Waals surface area contributed by atoms with Gasteiger partial charge in [0.05, 0.1) is 0 Å². The van der Waals surface area contributed by atoms with E-state index < -0.39 is 6.04 Å². The standard InChI is InChI=1S/C19H32N2O3/c1-12(2)16(17(23)20-4-3-5-22)21-18(24)19-9-13-6-14(10-19)8-15(7-13)11-19/h12-16,22H,3-11H2,1-2H3,(H,20,23)(H,21,24). The van der Waals surface area contributed by atoms with E-state index in [1.165, 1.54) is 19.3 Å². The number of hydrogen-bond acceptors (Lipinski definition) is 3. The van der Waals surface area contributed by atoms with Crippen molar-refractivity contribution in [2.45, 2.75) is 64.8 Å². The zero-order valence-electron chi connectivity index (χ0n) is 15.0. The SMILES string of the molecule is CC(C)C(NC(=O)C12CC3CC(CC(C3)C1)C2)C(=O)NCCCO. The van der Waals surface area contributed by atoms with Crippen molar-refractivity contribution >= 4 is 11.8 Å². The summed E-state index contributed by atoms with van der Waals surface area (Å²) in [6.45, 7) is 4.45. The first-order chi connectivity index (χ1) is 11.4. The van der Waals surface area contributed by atoms with Crippen LogP contribution in [0.3, 0.4) is 0 Å². The van der Waals surface area contributed by atoms with Gasteiger partial charge in [-0.05, 0) is 68.6 Å². The van der Waals surface area contributed by atoms with Crippen LogP contribution in [0.2, 0.25) is 0 Å². The molecule has 1 atom stereocenters. The highest BCUT2D eigenvalue weighted by molar-refractivity contribution is 5.90. The lowest BCUT2D eigenvalue weighted by Gasteiger charge is -2.55. The van der Waals surface area contributed by atoms with Crippen molar-refractivity contribution in [3.05, 3.63) is 0 Å². The number of aliphatic hydroxyl groups is 1. The van der Waals surface area contributed by atoms with Gasteiger partial charge in [0.25, 0.3) is 0 Å². The van der Waals surface area contributed by atoms with Crippen molar-refractivity contribution < 1.29 is 14.7 Å². The molecule has 2 amide bonds. The molecule has 0 heterocycles. The van der Waals surface area contributed by atoms with E-state index in [2.05, 4.69) is 10.6 Å². The largest absolute Gasteiger partial charge is 0.396 e. The highest BCUT2D eigenvalue weighted by atomic mass is 16.3. The lowest BCUT2D eigenvalue weighted by molar-refractivity contribution is -0.149. The van der Waals surface area contributed by atoms with Crippen LogP contribution in [0, 0.1) is 29.1 Å². The summed E-state index contributed by atoms with van der Waals surface area (Å²) < 4.78 is 0. The molecule has 0 aromatic carbocycles. The second-order valence-corrected chi connectivity index (χ2v) is 8.76. The van der Waals surface area contributed by atoms with Gasteiger partial charge in [0, 0.05) is 18.6 Å². The molecule has 1 unspecified atom stereocenters. The number of hydrogen-bond donors (Lipinski definition) is 3. The van der Waals surface area contributed by atoms with E-state index in [1.54, 1.807) is 0 Å². The summed E-state index contributed by atoms with van der Waals surface area (Å²) in [7, 11) is 0. The zero-order chi connectivity index (χ0) is 17.3. The summed E-state index contributed by atoms with van der Waals surface area (Å²) >= 11 is 0. The highest BCUT2D eigenvalue weighted by Gasteiger charge is 2.55. The van der Waals surface area contributed by atoms with E-state index in [0.29, 0.717) is 13.0 Å². The normalized spacial score (nSPS) is 35.1. The first kappa shape index (κ1) is 17.7. The fourth-order valence-electron chi connectivity index (χ4n) is 5.62. The molecule has 0 radical (unpaired) electrons. The van der Waals surface area contributed by atoms with E-state index in [4.69, 9.17) is 5.11 Å². The Morgan fingerprint density at radius 1 is 1.08 bits per heavy atom. The molecule has 0 saturated heterocycles. The minimum Gasteiger partial charge on any atom is -0.396 e. The Hall–Kier alpha value is -1.10. The molecule has 0 aliphatic heterocycles. The summed E-state index contributed by atoms with van der Waals surface area (Å²) in [5, 5.41) is 14.8. The molecule has 136 valence electrons. The van der Waals surface area contributed by atoms with Gasteiger partial charge in [-0.1, -0.05) is 13.8 Å². The molecule has 0 aromatic heterocycles. The van der Waals surface area contributed by atoms with Crippen LogP contribution in [0.1, 0.15) is 58.8 Å². The van der Waals surface area contributed by atoms with Gasteiger partial charge >= 0.3 is 0 Å². The van der Waals surface area contributed by atoms with Crippen molar-refractivity contribution in [2.75, 3.05) is 13.2 Å². The maximum absolute atomic E-state index is 13.1. The molecule has 0 spiro atoms. The van der Waals surface area contributed by atoms with Crippen molar-refractivity contribution in [3.8, 4) is 0 Å². The Morgan fingerprint density at radius 3 is 2.08 bits per heavy atom. The summed E-state index contributed by atoms with van der Waals surface area (Å²) in [5.74, 6) is 2.19. The van der Waals surface area contributed by atoms with Crippen LogP contribution >= 0.6 is 0 Å². The van der Waals surface area contributed by atoms with E-state index in [1.807, 2.05) is 13.8 Å². The number of nitrogens with one attached hydrogen (secondary N) is 2. The van der Waals surface area contributed by atoms with Gasteiger partial charge in [-0.2, -0.15) is 0 Å². The summed E-state index contributed by atoms with van der Waals surface area (Å²) in [4.78, 5) is 25.5. The van der Waals surface area contributed by atoms with Crippen LogP contribution in [0.5, 0.6) is 0 Å². The molecule has 4 rings (SSSR count). The second kappa shape index (κ2) is 7.03. The van der Waals surface area contributed by atoms with Crippen LogP contribution in [0.15, 0.2) is 0 Å². The van der Waals surface area contributed by atoms with Gasteiger partial charge in [-0.3, -0.25) is 9.59 Å². The highest BCUT2D eigenvalue weighted by Crippen LogP contribution is 2.60. The average Bonchev–Trinajstić information content (AvgIpc) is 2.50. The molecule has 5 nitrogen and oxygen atoms in total. The quantitative estimate of drug-likeness (QED) is 0.621. The van der Waals surface area contributed by atoms with Gasteiger partial charge < -0.3 is 15.7 Å². The maximum Gasteiger partial charge on any atom is 0.242 e. The van der Waals surface area contributed by atoms with Crippen LogP contribution in [0.4, 0.5) is 0 Å². The number of amides is 2. The summed E-state index contributed by atoms with van der Waals surface area (Å²) in [6.07, 6.45) is 7.51. The van der Waals surface area contributed by atoms with E-state index in [9.17, 15) is 9.59 Å². The Bertz CT molecular complexity index is 454. The monoisotopic (exact) mass is 336 g/mol. The van der Waals surface area contributed by atoms with Crippen molar-refractivity contribution in [2.24, 2.45) is 29.1 Å².